The minimum absolute atomic E-state index is 0.256. The molecule has 2 aromatic rings. The van der Waals surface area contributed by atoms with Crippen LogP contribution in [0, 0.1) is 0 Å². The lowest BCUT2D eigenvalue weighted by molar-refractivity contribution is -0.136. The van der Waals surface area contributed by atoms with E-state index in [9.17, 15) is 14.4 Å². The van der Waals surface area contributed by atoms with Gasteiger partial charge in [0.1, 0.15) is 5.75 Å². The molecule has 0 saturated carbocycles. The number of benzene rings is 2. The number of ether oxygens (including phenoxy) is 4. The molecule has 38 heavy (non-hydrogen) atoms. The molecule has 1 aliphatic heterocycles. The Morgan fingerprint density at radius 3 is 2.58 bits per heavy atom. The van der Waals surface area contributed by atoms with Crippen LogP contribution < -0.4 is 30.3 Å². The molecule has 1 heterocycles. The largest absolute Gasteiger partial charge is 0.494 e. The Bertz CT molecular complexity index is 1260. The normalized spacial score (nSPS) is 15.0. The Hall–Kier alpha value is -4.25. The highest BCUT2D eigenvalue weighted by molar-refractivity contribution is 6.30. The number of amides is 3. The first-order valence-electron chi connectivity index (χ1n) is 11.7. The smallest absolute Gasteiger partial charge is 0.337 e. The summed E-state index contributed by atoms with van der Waals surface area (Å²) < 4.78 is 21.4. The van der Waals surface area contributed by atoms with Crippen molar-refractivity contribution in [3.8, 4) is 17.2 Å². The summed E-state index contributed by atoms with van der Waals surface area (Å²) in [4.78, 5) is 36.6. The standard InChI is InChI=1S/C26H29ClN4O7/c1-5-37-19-9-7-18(27)12-16(19)10-11-28-31-22(32)14-38-20-8-6-17(13-21(20)35-3)24-23(25(33)36-4)15(2)29-26(34)30-24/h6-9,11-13,24H,5,10,14H2,1-4H3,(H,31,32)(H2,29,30,34)/b28-11-/t24-/m1/s1. The van der Waals surface area contributed by atoms with Crippen LogP contribution in [0.15, 0.2) is 52.8 Å². The summed E-state index contributed by atoms with van der Waals surface area (Å²) in [5.74, 6) is 0.220. The molecule has 3 N–H and O–H groups in total. The molecule has 0 aliphatic carbocycles. The van der Waals surface area contributed by atoms with Gasteiger partial charge in [-0.15, -0.1) is 0 Å². The first kappa shape index (κ1) is 28.3. The summed E-state index contributed by atoms with van der Waals surface area (Å²) in [6.45, 7) is 3.68. The van der Waals surface area contributed by atoms with Crippen LogP contribution >= 0.6 is 11.6 Å². The van der Waals surface area contributed by atoms with Crippen molar-refractivity contribution in [2.24, 2.45) is 5.10 Å². The van der Waals surface area contributed by atoms with Crippen molar-refractivity contribution in [2.75, 3.05) is 27.4 Å². The zero-order chi connectivity index (χ0) is 27.7. The number of esters is 1. The van der Waals surface area contributed by atoms with Crippen LogP contribution in [-0.2, 0) is 20.7 Å². The highest BCUT2D eigenvalue weighted by Crippen LogP contribution is 2.34. The molecule has 0 saturated heterocycles. The Kier molecular flexibility index (Phi) is 9.94. The molecule has 2 aromatic carbocycles. The summed E-state index contributed by atoms with van der Waals surface area (Å²) in [5.41, 5.74) is 4.44. The molecule has 0 spiro atoms. The molecule has 0 bridgehead atoms. The van der Waals surface area contributed by atoms with Crippen LogP contribution in [0.25, 0.3) is 0 Å². The maximum atomic E-state index is 12.3. The van der Waals surface area contributed by atoms with E-state index in [0.29, 0.717) is 40.8 Å². The van der Waals surface area contributed by atoms with E-state index in [1.807, 2.05) is 6.92 Å². The summed E-state index contributed by atoms with van der Waals surface area (Å²) in [6, 6.07) is 8.93. The summed E-state index contributed by atoms with van der Waals surface area (Å²) in [6.07, 6.45) is 1.93. The van der Waals surface area contributed by atoms with Gasteiger partial charge in [0, 0.05) is 28.9 Å². The van der Waals surface area contributed by atoms with E-state index in [-0.39, 0.29) is 17.9 Å². The Morgan fingerprint density at radius 2 is 1.87 bits per heavy atom. The lowest BCUT2D eigenvalue weighted by Crippen LogP contribution is -2.45. The minimum Gasteiger partial charge on any atom is -0.494 e. The van der Waals surface area contributed by atoms with E-state index >= 15 is 0 Å². The van der Waals surface area contributed by atoms with Crippen molar-refractivity contribution in [1.29, 1.82) is 0 Å². The molecule has 0 fully saturated rings. The maximum absolute atomic E-state index is 12.3. The number of nitrogens with one attached hydrogen (secondary N) is 3. The van der Waals surface area contributed by atoms with Crippen LogP contribution in [0.5, 0.6) is 17.2 Å². The number of allylic oxidation sites excluding steroid dienone is 1. The minimum atomic E-state index is -0.764. The predicted octanol–water partition coefficient (Wildman–Crippen LogP) is 3.27. The van der Waals surface area contributed by atoms with Crippen molar-refractivity contribution in [2.45, 2.75) is 26.3 Å². The number of methoxy groups -OCH3 is 2. The Morgan fingerprint density at radius 1 is 1.11 bits per heavy atom. The first-order valence-corrected chi connectivity index (χ1v) is 12.0. The molecule has 3 amide bonds. The number of halogens is 1. The molecule has 0 aromatic heterocycles. The van der Waals surface area contributed by atoms with E-state index < -0.39 is 23.9 Å². The summed E-state index contributed by atoms with van der Waals surface area (Å²) >= 11 is 6.06. The fourth-order valence-corrected chi connectivity index (χ4v) is 3.94. The number of carbonyl (C=O) groups excluding carboxylic acids is 3. The maximum Gasteiger partial charge on any atom is 0.337 e. The van der Waals surface area contributed by atoms with Gasteiger partial charge in [-0.1, -0.05) is 17.7 Å². The zero-order valence-corrected chi connectivity index (χ0v) is 22.2. The SMILES string of the molecule is CCOc1ccc(Cl)cc1C/C=N\NC(=O)COc1ccc([C@H]2NC(=O)NC(C)=C2C(=O)OC)cc1OC. The zero-order valence-electron chi connectivity index (χ0n) is 21.4. The van der Waals surface area contributed by atoms with Crippen molar-refractivity contribution in [1.82, 2.24) is 16.1 Å². The number of urea groups is 1. The van der Waals surface area contributed by atoms with Crippen molar-refractivity contribution in [3.05, 3.63) is 63.8 Å². The number of hydrazone groups is 1. The van der Waals surface area contributed by atoms with Gasteiger partial charge in [-0.3, -0.25) is 4.79 Å². The molecular formula is C26H29ClN4O7. The van der Waals surface area contributed by atoms with E-state index in [2.05, 4.69) is 21.2 Å². The van der Waals surface area contributed by atoms with Gasteiger partial charge in [0.05, 0.1) is 32.4 Å². The molecule has 202 valence electrons. The quantitative estimate of drug-likeness (QED) is 0.224. The number of rotatable bonds is 11. The fraction of sp³-hybridized carbons (Fsp3) is 0.308. The summed E-state index contributed by atoms with van der Waals surface area (Å²) in [5, 5.41) is 9.78. The van der Waals surface area contributed by atoms with Gasteiger partial charge in [0.25, 0.3) is 5.91 Å². The highest BCUT2D eigenvalue weighted by Gasteiger charge is 2.32. The topological polar surface area (TPSA) is 137 Å². The Labute approximate surface area is 225 Å². The molecule has 1 aliphatic rings. The molecule has 12 heteroatoms. The third kappa shape index (κ3) is 7.16. The highest BCUT2D eigenvalue weighted by atomic mass is 35.5. The molecule has 11 nitrogen and oxygen atoms in total. The first-order chi connectivity index (χ1) is 18.3. The van der Waals surface area contributed by atoms with Crippen LogP contribution in [0.3, 0.4) is 0 Å². The lowest BCUT2D eigenvalue weighted by Gasteiger charge is -2.28. The average molecular weight is 545 g/mol. The van der Waals surface area contributed by atoms with Crippen molar-refractivity contribution in [3.63, 3.8) is 0 Å². The fourth-order valence-electron chi connectivity index (χ4n) is 3.75. The van der Waals surface area contributed by atoms with E-state index in [1.165, 1.54) is 20.4 Å². The van der Waals surface area contributed by atoms with Gasteiger partial charge in [-0.25, -0.2) is 15.0 Å². The van der Waals surface area contributed by atoms with Gasteiger partial charge in [-0.05, 0) is 49.7 Å². The second kappa shape index (κ2) is 13.3. The van der Waals surface area contributed by atoms with Gasteiger partial charge in [0.15, 0.2) is 18.1 Å². The van der Waals surface area contributed by atoms with Gasteiger partial charge in [-0.2, -0.15) is 5.10 Å². The third-order valence-electron chi connectivity index (χ3n) is 5.47. The molecular weight excluding hydrogens is 516 g/mol. The van der Waals surface area contributed by atoms with Crippen LogP contribution in [0.2, 0.25) is 5.02 Å². The van der Waals surface area contributed by atoms with Crippen molar-refractivity contribution >= 4 is 35.7 Å². The van der Waals surface area contributed by atoms with Gasteiger partial charge < -0.3 is 29.6 Å². The van der Waals surface area contributed by atoms with E-state index in [4.69, 9.17) is 30.5 Å². The lowest BCUT2D eigenvalue weighted by atomic mass is 9.95. The predicted molar refractivity (Wildman–Crippen MR) is 141 cm³/mol. The monoisotopic (exact) mass is 544 g/mol. The molecule has 1 atom stereocenters. The molecule has 3 rings (SSSR count). The van der Waals surface area contributed by atoms with Crippen LogP contribution in [0.4, 0.5) is 4.79 Å². The van der Waals surface area contributed by atoms with Gasteiger partial charge >= 0.3 is 12.0 Å². The second-order valence-corrected chi connectivity index (χ2v) is 8.43. The van der Waals surface area contributed by atoms with E-state index in [0.717, 1.165) is 5.56 Å². The number of carbonyl (C=O) groups is 3. The number of hydrogen-bond acceptors (Lipinski definition) is 8. The Balaban J connectivity index is 1.62. The third-order valence-corrected chi connectivity index (χ3v) is 5.70. The molecule has 0 radical (unpaired) electrons. The van der Waals surface area contributed by atoms with Crippen molar-refractivity contribution < 1.29 is 33.3 Å². The molecule has 0 unspecified atom stereocenters. The second-order valence-electron chi connectivity index (χ2n) is 8.00. The number of nitrogens with zero attached hydrogens (tertiary/aromatic N) is 1. The van der Waals surface area contributed by atoms with E-state index in [1.54, 1.807) is 43.3 Å². The number of hydrogen-bond donors (Lipinski definition) is 3. The van der Waals surface area contributed by atoms with Gasteiger partial charge in [0.2, 0.25) is 0 Å². The average Bonchev–Trinajstić information content (AvgIpc) is 2.90. The van der Waals surface area contributed by atoms with Crippen LogP contribution in [-0.4, -0.2) is 51.6 Å². The van der Waals surface area contributed by atoms with Crippen LogP contribution in [0.1, 0.15) is 31.0 Å². The summed E-state index contributed by atoms with van der Waals surface area (Å²) in [7, 11) is 2.70.